The molecule has 2 aliphatic rings. The van der Waals surface area contributed by atoms with Gasteiger partial charge < -0.3 is 19.9 Å². The molecule has 0 spiro atoms. The van der Waals surface area contributed by atoms with Crippen molar-refractivity contribution >= 4 is 11.8 Å². The van der Waals surface area contributed by atoms with Crippen LogP contribution in [0.15, 0.2) is 24.3 Å². The van der Waals surface area contributed by atoms with Crippen molar-refractivity contribution in [3.63, 3.8) is 0 Å². The second-order valence-electron chi connectivity index (χ2n) is 8.91. The highest BCUT2D eigenvalue weighted by atomic mass is 19.1. The number of ether oxygens (including phenoxy) is 1. The maximum Gasteiger partial charge on any atom is 0.249 e. The van der Waals surface area contributed by atoms with E-state index in [9.17, 15) is 14.0 Å². The van der Waals surface area contributed by atoms with E-state index >= 15 is 0 Å². The van der Waals surface area contributed by atoms with Crippen LogP contribution in [0.4, 0.5) is 4.39 Å². The molecule has 2 atom stereocenters. The van der Waals surface area contributed by atoms with Gasteiger partial charge in [0.1, 0.15) is 18.5 Å². The minimum Gasteiger partial charge on any atom is -0.375 e. The lowest BCUT2D eigenvalue weighted by Gasteiger charge is -2.32. The van der Waals surface area contributed by atoms with Gasteiger partial charge in [-0.25, -0.2) is 4.39 Å². The van der Waals surface area contributed by atoms with Crippen LogP contribution >= 0.6 is 0 Å². The molecule has 8 heteroatoms. The maximum atomic E-state index is 13.3. The number of piperazine rings is 1. The number of likely N-dealkylation sites (tertiary alicyclic amines) is 1. The largest absolute Gasteiger partial charge is 0.375 e. The van der Waals surface area contributed by atoms with E-state index in [2.05, 4.69) is 24.1 Å². The van der Waals surface area contributed by atoms with E-state index in [4.69, 9.17) is 4.74 Å². The number of halogens is 1. The zero-order chi connectivity index (χ0) is 22.4. The van der Waals surface area contributed by atoms with E-state index in [0.717, 1.165) is 25.2 Å². The topological polar surface area (TPSA) is 65.1 Å². The summed E-state index contributed by atoms with van der Waals surface area (Å²) in [6.45, 7) is 9.16. The number of hydrogen-bond acceptors (Lipinski definition) is 5. The number of methoxy groups -OCH3 is 1. The number of rotatable bonds is 8. The minimum absolute atomic E-state index is 0.0275. The number of nitrogens with one attached hydrogen (secondary N) is 1. The lowest BCUT2D eigenvalue weighted by molar-refractivity contribution is -0.146. The smallest absolute Gasteiger partial charge is 0.249 e. The van der Waals surface area contributed by atoms with Crippen molar-refractivity contribution in [2.24, 2.45) is 5.92 Å². The number of amides is 2. The first kappa shape index (κ1) is 23.6. The molecule has 2 aliphatic heterocycles. The van der Waals surface area contributed by atoms with Gasteiger partial charge in [-0.05, 0) is 30.0 Å². The van der Waals surface area contributed by atoms with Crippen LogP contribution in [0, 0.1) is 11.7 Å². The highest BCUT2D eigenvalue weighted by Gasteiger charge is 2.43. The summed E-state index contributed by atoms with van der Waals surface area (Å²) >= 11 is 0. The fraction of sp³-hybridized carbons (Fsp3) is 0.652. The van der Waals surface area contributed by atoms with Crippen molar-refractivity contribution in [2.45, 2.75) is 38.9 Å². The van der Waals surface area contributed by atoms with Gasteiger partial charge in [0.15, 0.2) is 0 Å². The zero-order valence-corrected chi connectivity index (χ0v) is 18.8. The first-order valence-electron chi connectivity index (χ1n) is 11.2. The Morgan fingerprint density at radius 3 is 2.52 bits per heavy atom. The molecule has 2 heterocycles. The second kappa shape index (κ2) is 11.0. The molecular formula is C23H35FN4O3. The number of benzene rings is 1. The van der Waals surface area contributed by atoms with Crippen molar-refractivity contribution in [3.05, 3.63) is 35.6 Å². The maximum absolute atomic E-state index is 13.3. The lowest BCUT2D eigenvalue weighted by atomic mass is 10.1. The van der Waals surface area contributed by atoms with Gasteiger partial charge in [0, 0.05) is 59.0 Å². The fourth-order valence-electron chi connectivity index (χ4n) is 4.53. The Balaban J connectivity index is 1.79. The predicted molar refractivity (Wildman–Crippen MR) is 117 cm³/mol. The monoisotopic (exact) mass is 434 g/mol. The fourth-order valence-corrected chi connectivity index (χ4v) is 4.53. The van der Waals surface area contributed by atoms with E-state index in [-0.39, 0.29) is 30.3 Å². The van der Waals surface area contributed by atoms with Crippen molar-refractivity contribution < 1.29 is 18.7 Å². The molecule has 1 aromatic carbocycles. The average Bonchev–Trinajstić information content (AvgIpc) is 3.20. The van der Waals surface area contributed by atoms with Crippen molar-refractivity contribution in [2.75, 3.05) is 53.0 Å². The van der Waals surface area contributed by atoms with Crippen LogP contribution in [-0.4, -0.2) is 91.6 Å². The summed E-state index contributed by atoms with van der Waals surface area (Å²) in [5.74, 6) is 0.0500. The summed E-state index contributed by atoms with van der Waals surface area (Å²) < 4.78 is 18.4. The molecule has 3 rings (SSSR count). The molecule has 0 aromatic heterocycles. The van der Waals surface area contributed by atoms with Crippen LogP contribution < -0.4 is 5.32 Å². The van der Waals surface area contributed by atoms with E-state index in [1.807, 2.05) is 4.90 Å². The van der Waals surface area contributed by atoms with E-state index in [0.29, 0.717) is 38.5 Å². The van der Waals surface area contributed by atoms with E-state index < -0.39 is 6.04 Å². The highest BCUT2D eigenvalue weighted by Crippen LogP contribution is 2.26. The van der Waals surface area contributed by atoms with Gasteiger partial charge in [-0.15, -0.1) is 0 Å². The Bertz CT molecular complexity index is 737. The number of carbonyl (C=O) groups is 2. The van der Waals surface area contributed by atoms with Crippen LogP contribution in [0.25, 0.3) is 0 Å². The number of hydrogen-bond donors (Lipinski definition) is 1. The Kier molecular flexibility index (Phi) is 8.40. The summed E-state index contributed by atoms with van der Waals surface area (Å²) in [6.07, 6.45) is 0.603. The average molecular weight is 435 g/mol. The lowest BCUT2D eigenvalue weighted by Crippen LogP contribution is -2.53. The molecular weight excluding hydrogens is 399 g/mol. The summed E-state index contributed by atoms with van der Waals surface area (Å²) in [6, 6.07) is 6.15. The van der Waals surface area contributed by atoms with Gasteiger partial charge in [-0.1, -0.05) is 26.0 Å². The molecule has 0 radical (unpaired) electrons. The van der Waals surface area contributed by atoms with Gasteiger partial charge >= 0.3 is 0 Å². The SMILES string of the molecule is COCC(=O)N1CC(N(Cc2ccc(F)cc2)CC(C)C)CC1C(=O)N1CCNCC1. The molecule has 1 aromatic rings. The molecule has 7 nitrogen and oxygen atoms in total. The molecule has 1 N–H and O–H groups in total. The molecule has 2 fully saturated rings. The molecule has 31 heavy (non-hydrogen) atoms. The number of carbonyl (C=O) groups excluding carboxylic acids is 2. The van der Waals surface area contributed by atoms with Crippen molar-refractivity contribution in [1.82, 2.24) is 20.0 Å². The molecule has 0 bridgehead atoms. The second-order valence-corrected chi connectivity index (χ2v) is 8.91. The summed E-state index contributed by atoms with van der Waals surface area (Å²) in [4.78, 5) is 32.0. The third-order valence-corrected chi connectivity index (χ3v) is 6.00. The Hall–Kier alpha value is -2.03. The summed E-state index contributed by atoms with van der Waals surface area (Å²) in [7, 11) is 1.50. The highest BCUT2D eigenvalue weighted by molar-refractivity contribution is 5.89. The summed E-state index contributed by atoms with van der Waals surface area (Å²) in [5, 5.41) is 3.26. The van der Waals surface area contributed by atoms with Gasteiger partial charge in [0.2, 0.25) is 11.8 Å². The molecule has 172 valence electrons. The first-order valence-corrected chi connectivity index (χ1v) is 11.2. The van der Waals surface area contributed by atoms with Gasteiger partial charge in [0.25, 0.3) is 0 Å². The third kappa shape index (κ3) is 6.24. The summed E-state index contributed by atoms with van der Waals surface area (Å²) in [5.41, 5.74) is 1.02. The van der Waals surface area contributed by atoms with Gasteiger partial charge in [-0.3, -0.25) is 14.5 Å². The molecule has 2 amide bonds. The van der Waals surface area contributed by atoms with Crippen LogP contribution in [0.3, 0.4) is 0 Å². The van der Waals surface area contributed by atoms with Gasteiger partial charge in [-0.2, -0.15) is 0 Å². The minimum atomic E-state index is -0.464. The Morgan fingerprint density at radius 1 is 1.23 bits per heavy atom. The molecule has 0 aliphatic carbocycles. The van der Waals surface area contributed by atoms with Crippen molar-refractivity contribution in [3.8, 4) is 0 Å². The predicted octanol–water partition coefficient (Wildman–Crippen LogP) is 1.33. The zero-order valence-electron chi connectivity index (χ0n) is 18.8. The standard InChI is InChI=1S/C23H35FN4O3/c1-17(2)13-27(14-18-4-6-19(24)7-5-18)20-12-21(28(15-20)22(29)16-31-3)23(30)26-10-8-25-9-11-26/h4-7,17,20-21,25H,8-16H2,1-3H3. The number of nitrogens with zero attached hydrogens (tertiary/aromatic N) is 3. The Labute approximate surface area is 184 Å². The molecule has 2 unspecified atom stereocenters. The van der Waals surface area contributed by atoms with Crippen LogP contribution in [0.2, 0.25) is 0 Å². The van der Waals surface area contributed by atoms with E-state index in [1.54, 1.807) is 17.0 Å². The normalized spacial score (nSPS) is 21.9. The Morgan fingerprint density at radius 2 is 1.90 bits per heavy atom. The molecule has 2 saturated heterocycles. The van der Waals surface area contributed by atoms with Gasteiger partial charge in [0.05, 0.1) is 0 Å². The van der Waals surface area contributed by atoms with E-state index in [1.165, 1.54) is 19.2 Å². The van der Waals surface area contributed by atoms with Crippen LogP contribution in [0.5, 0.6) is 0 Å². The van der Waals surface area contributed by atoms with Crippen LogP contribution in [0.1, 0.15) is 25.8 Å². The third-order valence-electron chi connectivity index (χ3n) is 6.00. The first-order chi connectivity index (χ1) is 14.9. The molecule has 0 saturated carbocycles. The van der Waals surface area contributed by atoms with Crippen molar-refractivity contribution in [1.29, 1.82) is 0 Å². The van der Waals surface area contributed by atoms with Crippen LogP contribution in [-0.2, 0) is 20.9 Å². The quantitative estimate of drug-likeness (QED) is 0.669.